The second-order valence-electron chi connectivity index (χ2n) is 6.24. The maximum Gasteiger partial charge on any atom is 0.324 e. The Morgan fingerprint density at radius 1 is 1.03 bits per heavy atom. The van der Waals surface area contributed by atoms with E-state index in [1.54, 1.807) is 48.5 Å². The molecule has 2 aromatic carbocycles. The first-order valence-electron chi connectivity index (χ1n) is 9.10. The molecule has 8 heteroatoms. The number of amides is 4. The standard InChI is InChI=1S/C21H24N4O4/c22-13-4-14-25(21(28)23-20(27)18-5-2-1-3-6-18)15-17-9-7-16(8-10-17)11-12-19(26)24-29/h1-3,5-12,29H,4,13-15,22H2,(H,24,26)(H,23,27,28)/b12-11+. The smallest absolute Gasteiger partial charge is 0.324 e. The molecule has 0 radical (unpaired) electrons. The lowest BCUT2D eigenvalue weighted by molar-refractivity contribution is -0.124. The number of benzene rings is 2. The Kier molecular flexibility index (Phi) is 8.55. The van der Waals surface area contributed by atoms with E-state index in [0.29, 0.717) is 31.6 Å². The first-order valence-corrected chi connectivity index (χ1v) is 9.10. The zero-order valence-corrected chi connectivity index (χ0v) is 15.9. The highest BCUT2D eigenvalue weighted by atomic mass is 16.5. The minimum atomic E-state index is -0.623. The molecule has 152 valence electrons. The fourth-order valence-electron chi connectivity index (χ4n) is 2.54. The lowest BCUT2D eigenvalue weighted by Crippen LogP contribution is -2.43. The second-order valence-corrected chi connectivity index (χ2v) is 6.24. The van der Waals surface area contributed by atoms with Gasteiger partial charge in [-0.15, -0.1) is 0 Å². The first kappa shape index (κ1) is 21.8. The number of nitrogens with two attached hydrogens (primary N) is 1. The molecule has 0 fully saturated rings. The van der Waals surface area contributed by atoms with E-state index >= 15 is 0 Å². The van der Waals surface area contributed by atoms with Crippen molar-refractivity contribution in [2.45, 2.75) is 13.0 Å². The van der Waals surface area contributed by atoms with Gasteiger partial charge in [0.05, 0.1) is 0 Å². The molecule has 0 aliphatic heterocycles. The average Bonchev–Trinajstić information content (AvgIpc) is 2.76. The van der Waals surface area contributed by atoms with Crippen molar-refractivity contribution in [3.63, 3.8) is 0 Å². The maximum atomic E-state index is 12.6. The van der Waals surface area contributed by atoms with Gasteiger partial charge in [0.25, 0.3) is 11.8 Å². The van der Waals surface area contributed by atoms with Crippen molar-refractivity contribution in [2.75, 3.05) is 13.1 Å². The van der Waals surface area contributed by atoms with E-state index < -0.39 is 17.8 Å². The zero-order valence-electron chi connectivity index (χ0n) is 15.9. The van der Waals surface area contributed by atoms with Crippen molar-refractivity contribution >= 4 is 23.9 Å². The van der Waals surface area contributed by atoms with Crippen LogP contribution in [0, 0.1) is 0 Å². The van der Waals surface area contributed by atoms with Gasteiger partial charge >= 0.3 is 6.03 Å². The van der Waals surface area contributed by atoms with Crippen LogP contribution in [-0.2, 0) is 11.3 Å². The minimum absolute atomic E-state index is 0.301. The molecular weight excluding hydrogens is 372 g/mol. The van der Waals surface area contributed by atoms with E-state index in [9.17, 15) is 14.4 Å². The van der Waals surface area contributed by atoms with Crippen LogP contribution in [0.2, 0.25) is 0 Å². The number of hydroxylamine groups is 1. The monoisotopic (exact) mass is 396 g/mol. The summed E-state index contributed by atoms with van der Waals surface area (Å²) in [7, 11) is 0. The summed E-state index contributed by atoms with van der Waals surface area (Å²) in [5, 5.41) is 10.9. The van der Waals surface area contributed by atoms with Crippen LogP contribution < -0.4 is 16.5 Å². The number of carbonyl (C=O) groups is 3. The average molecular weight is 396 g/mol. The van der Waals surface area contributed by atoms with E-state index in [1.165, 1.54) is 16.5 Å². The quantitative estimate of drug-likeness (QED) is 0.308. The van der Waals surface area contributed by atoms with E-state index in [1.807, 2.05) is 12.1 Å². The van der Waals surface area contributed by atoms with Gasteiger partial charge in [0, 0.05) is 24.7 Å². The Labute approximate surface area is 169 Å². The summed E-state index contributed by atoms with van der Waals surface area (Å²) in [6.07, 6.45) is 3.35. The molecule has 8 nitrogen and oxygen atoms in total. The highest BCUT2D eigenvalue weighted by Gasteiger charge is 2.17. The van der Waals surface area contributed by atoms with Crippen molar-refractivity contribution in [1.82, 2.24) is 15.7 Å². The van der Waals surface area contributed by atoms with Crippen molar-refractivity contribution in [2.24, 2.45) is 5.73 Å². The number of nitrogens with one attached hydrogen (secondary N) is 2. The molecule has 0 aromatic heterocycles. The van der Waals surface area contributed by atoms with Crippen LogP contribution in [0.4, 0.5) is 4.79 Å². The lowest BCUT2D eigenvalue weighted by Gasteiger charge is -2.22. The third-order valence-electron chi connectivity index (χ3n) is 4.07. The maximum absolute atomic E-state index is 12.6. The first-order chi connectivity index (χ1) is 14.0. The van der Waals surface area contributed by atoms with Crippen LogP contribution in [0.25, 0.3) is 6.08 Å². The molecule has 0 bridgehead atoms. The van der Waals surface area contributed by atoms with Crippen LogP contribution in [-0.4, -0.2) is 41.0 Å². The Morgan fingerprint density at radius 2 is 1.72 bits per heavy atom. The molecule has 4 amide bonds. The minimum Gasteiger partial charge on any atom is -0.330 e. The second kappa shape index (κ2) is 11.4. The van der Waals surface area contributed by atoms with Crippen molar-refractivity contribution in [1.29, 1.82) is 0 Å². The molecule has 0 saturated heterocycles. The molecule has 0 unspecified atom stereocenters. The van der Waals surface area contributed by atoms with Crippen LogP contribution in [0.3, 0.4) is 0 Å². The molecule has 0 saturated carbocycles. The summed E-state index contributed by atoms with van der Waals surface area (Å²) in [5.74, 6) is -1.09. The van der Waals surface area contributed by atoms with E-state index in [4.69, 9.17) is 10.9 Å². The van der Waals surface area contributed by atoms with Crippen LogP contribution in [0.15, 0.2) is 60.7 Å². The molecule has 5 N–H and O–H groups in total. The van der Waals surface area contributed by atoms with Gasteiger partial charge in [-0.2, -0.15) is 0 Å². The molecule has 29 heavy (non-hydrogen) atoms. The summed E-state index contributed by atoms with van der Waals surface area (Å²) >= 11 is 0. The van der Waals surface area contributed by atoms with Crippen LogP contribution >= 0.6 is 0 Å². The summed E-state index contributed by atoms with van der Waals surface area (Å²) in [4.78, 5) is 37.4. The van der Waals surface area contributed by atoms with E-state index in [-0.39, 0.29) is 0 Å². The summed E-state index contributed by atoms with van der Waals surface area (Å²) in [6.45, 7) is 1.13. The van der Waals surface area contributed by atoms with Crippen molar-refractivity contribution in [3.8, 4) is 0 Å². The molecule has 0 spiro atoms. The van der Waals surface area contributed by atoms with Gasteiger partial charge in [0.15, 0.2) is 0 Å². The van der Waals surface area contributed by atoms with Gasteiger partial charge in [-0.1, -0.05) is 42.5 Å². The third-order valence-corrected chi connectivity index (χ3v) is 4.07. The van der Waals surface area contributed by atoms with Gasteiger partial charge < -0.3 is 10.6 Å². The van der Waals surface area contributed by atoms with Crippen LogP contribution in [0.5, 0.6) is 0 Å². The predicted octanol–water partition coefficient (Wildman–Crippen LogP) is 1.91. The molecule has 0 atom stereocenters. The Morgan fingerprint density at radius 3 is 2.34 bits per heavy atom. The fourth-order valence-corrected chi connectivity index (χ4v) is 2.54. The number of hydrogen-bond donors (Lipinski definition) is 4. The predicted molar refractivity (Wildman–Crippen MR) is 109 cm³/mol. The third kappa shape index (κ3) is 7.21. The normalized spacial score (nSPS) is 10.6. The zero-order chi connectivity index (χ0) is 21.1. The Balaban J connectivity index is 2.03. The molecule has 0 aliphatic rings. The highest BCUT2D eigenvalue weighted by Crippen LogP contribution is 2.10. The fraction of sp³-hybridized carbons (Fsp3) is 0.190. The molecule has 0 heterocycles. The van der Waals surface area contributed by atoms with Crippen molar-refractivity contribution < 1.29 is 19.6 Å². The summed E-state index contributed by atoms with van der Waals surface area (Å²) in [5.41, 5.74) is 9.10. The summed E-state index contributed by atoms with van der Waals surface area (Å²) < 4.78 is 0. The number of hydrogen-bond acceptors (Lipinski definition) is 5. The number of nitrogens with zero attached hydrogens (tertiary/aromatic N) is 1. The van der Waals surface area contributed by atoms with E-state index in [0.717, 1.165) is 11.1 Å². The topological polar surface area (TPSA) is 125 Å². The molecular formula is C21H24N4O4. The highest BCUT2D eigenvalue weighted by molar-refractivity contribution is 6.04. The number of urea groups is 1. The largest absolute Gasteiger partial charge is 0.330 e. The van der Waals surface area contributed by atoms with Crippen molar-refractivity contribution in [3.05, 3.63) is 77.4 Å². The van der Waals surface area contributed by atoms with Gasteiger partial charge in [-0.05, 0) is 42.3 Å². The summed E-state index contributed by atoms with van der Waals surface area (Å²) in [6, 6.07) is 15.2. The van der Waals surface area contributed by atoms with Crippen LogP contribution in [0.1, 0.15) is 27.9 Å². The van der Waals surface area contributed by atoms with Gasteiger partial charge in [-0.3, -0.25) is 20.1 Å². The number of imide groups is 1. The van der Waals surface area contributed by atoms with Gasteiger partial charge in [-0.25, -0.2) is 10.3 Å². The molecule has 2 aromatic rings. The molecule has 2 rings (SSSR count). The lowest BCUT2D eigenvalue weighted by atomic mass is 10.1. The van der Waals surface area contributed by atoms with Gasteiger partial charge in [0.1, 0.15) is 0 Å². The number of rotatable bonds is 8. The SMILES string of the molecule is NCCCN(Cc1ccc(/C=C/C(=O)NO)cc1)C(=O)NC(=O)c1ccccc1. The molecule has 0 aliphatic carbocycles. The van der Waals surface area contributed by atoms with Gasteiger partial charge in [0.2, 0.25) is 0 Å². The Hall–Kier alpha value is -3.49. The Bertz CT molecular complexity index is 851. The van der Waals surface area contributed by atoms with E-state index in [2.05, 4.69) is 5.32 Å². The number of carbonyl (C=O) groups excluding carboxylic acids is 3.